The maximum atomic E-state index is 12.4. The van der Waals surface area contributed by atoms with E-state index in [1.54, 1.807) is 0 Å². The number of aryl methyl sites for hydroxylation is 2. The van der Waals surface area contributed by atoms with Gasteiger partial charge in [-0.2, -0.15) is 0 Å². The number of hydrogen-bond acceptors (Lipinski definition) is 3. The number of esters is 1. The van der Waals surface area contributed by atoms with Gasteiger partial charge in [-0.25, -0.2) is 4.79 Å². The van der Waals surface area contributed by atoms with Gasteiger partial charge in [-0.1, -0.05) is 48.5 Å². The van der Waals surface area contributed by atoms with Crippen molar-refractivity contribution in [1.29, 1.82) is 0 Å². The van der Waals surface area contributed by atoms with Crippen molar-refractivity contribution in [3.8, 4) is 0 Å². The number of carbonyl (C=O) groups excluding carboxylic acids is 1. The molecule has 0 radical (unpaired) electrons. The second-order valence-corrected chi connectivity index (χ2v) is 5.84. The first-order valence-corrected chi connectivity index (χ1v) is 7.72. The Kier molecular flexibility index (Phi) is 4.14. The SMILES string of the molecule is COC(=O)[C@@]1(CCc2ccccc2)CCc2ccccc2N1. The highest BCUT2D eigenvalue weighted by molar-refractivity contribution is 5.85. The Hall–Kier alpha value is -2.29. The van der Waals surface area contributed by atoms with E-state index < -0.39 is 5.54 Å². The first-order valence-electron chi connectivity index (χ1n) is 7.72. The van der Waals surface area contributed by atoms with Crippen LogP contribution in [0.5, 0.6) is 0 Å². The van der Waals surface area contributed by atoms with Crippen LogP contribution >= 0.6 is 0 Å². The molecule has 0 aromatic heterocycles. The van der Waals surface area contributed by atoms with Crippen LogP contribution in [-0.4, -0.2) is 18.6 Å². The maximum absolute atomic E-state index is 12.4. The lowest BCUT2D eigenvalue weighted by molar-refractivity contribution is -0.146. The quantitative estimate of drug-likeness (QED) is 0.876. The van der Waals surface area contributed by atoms with Gasteiger partial charge >= 0.3 is 5.97 Å². The predicted molar refractivity (Wildman–Crippen MR) is 87.9 cm³/mol. The third-order valence-corrected chi connectivity index (χ3v) is 4.47. The van der Waals surface area contributed by atoms with Crippen LogP contribution in [0.2, 0.25) is 0 Å². The van der Waals surface area contributed by atoms with Crippen LogP contribution in [0.25, 0.3) is 0 Å². The summed E-state index contributed by atoms with van der Waals surface area (Å²) in [7, 11) is 1.47. The van der Waals surface area contributed by atoms with E-state index in [4.69, 9.17) is 4.74 Å². The Labute approximate surface area is 131 Å². The Morgan fingerprint density at radius 2 is 1.86 bits per heavy atom. The molecule has 0 bridgehead atoms. The van der Waals surface area contributed by atoms with Gasteiger partial charge in [0.1, 0.15) is 5.54 Å². The van der Waals surface area contributed by atoms with Crippen molar-refractivity contribution in [2.45, 2.75) is 31.2 Å². The molecule has 0 amide bonds. The van der Waals surface area contributed by atoms with Gasteiger partial charge in [0, 0.05) is 5.69 Å². The van der Waals surface area contributed by atoms with Crippen molar-refractivity contribution in [2.75, 3.05) is 12.4 Å². The van der Waals surface area contributed by atoms with Gasteiger partial charge in [0.15, 0.2) is 0 Å². The van der Waals surface area contributed by atoms with Crippen LogP contribution in [0.3, 0.4) is 0 Å². The summed E-state index contributed by atoms with van der Waals surface area (Å²) < 4.78 is 5.10. The van der Waals surface area contributed by atoms with Crippen LogP contribution in [0, 0.1) is 0 Å². The van der Waals surface area contributed by atoms with E-state index in [0.717, 1.165) is 31.4 Å². The number of ether oxygens (including phenoxy) is 1. The summed E-state index contributed by atoms with van der Waals surface area (Å²) in [5, 5.41) is 3.46. The van der Waals surface area contributed by atoms with Gasteiger partial charge in [-0.3, -0.25) is 0 Å². The molecule has 1 atom stereocenters. The number of anilines is 1. The van der Waals surface area contributed by atoms with Crippen molar-refractivity contribution in [1.82, 2.24) is 0 Å². The van der Waals surface area contributed by atoms with Gasteiger partial charge in [0.25, 0.3) is 0 Å². The zero-order valence-corrected chi connectivity index (χ0v) is 12.8. The molecule has 0 spiro atoms. The minimum absolute atomic E-state index is 0.169. The minimum atomic E-state index is -0.626. The molecule has 2 aromatic carbocycles. The van der Waals surface area contributed by atoms with Gasteiger partial charge < -0.3 is 10.1 Å². The number of benzene rings is 2. The smallest absolute Gasteiger partial charge is 0.331 e. The highest BCUT2D eigenvalue weighted by atomic mass is 16.5. The fourth-order valence-corrected chi connectivity index (χ4v) is 3.17. The number of fused-ring (bicyclic) bond motifs is 1. The first-order chi connectivity index (χ1) is 10.7. The van der Waals surface area contributed by atoms with Crippen molar-refractivity contribution in [3.05, 3.63) is 65.7 Å². The summed E-state index contributed by atoms with van der Waals surface area (Å²) in [6.45, 7) is 0. The average molecular weight is 295 g/mol. The Morgan fingerprint density at radius 1 is 1.14 bits per heavy atom. The third kappa shape index (κ3) is 2.84. The van der Waals surface area contributed by atoms with Gasteiger partial charge in [0.05, 0.1) is 7.11 Å². The standard InChI is InChI=1S/C19H21NO2/c1-22-18(21)19(13-11-15-7-3-2-4-8-15)14-12-16-9-5-6-10-17(16)20-19/h2-10,20H,11-14H2,1H3/t19-/m1/s1. The highest BCUT2D eigenvalue weighted by Crippen LogP contribution is 2.34. The summed E-state index contributed by atoms with van der Waals surface area (Å²) in [5.41, 5.74) is 2.93. The summed E-state index contributed by atoms with van der Waals surface area (Å²) >= 11 is 0. The van der Waals surface area contributed by atoms with E-state index in [1.165, 1.54) is 18.2 Å². The Bertz CT molecular complexity index is 653. The number of carbonyl (C=O) groups is 1. The van der Waals surface area contributed by atoms with Crippen molar-refractivity contribution < 1.29 is 9.53 Å². The Balaban J connectivity index is 1.82. The van der Waals surface area contributed by atoms with E-state index in [0.29, 0.717) is 0 Å². The second kappa shape index (κ2) is 6.22. The molecule has 3 rings (SSSR count). The molecule has 0 unspecified atom stereocenters. The van der Waals surface area contributed by atoms with Crippen LogP contribution < -0.4 is 5.32 Å². The van der Waals surface area contributed by atoms with Crippen LogP contribution in [0.4, 0.5) is 5.69 Å². The second-order valence-electron chi connectivity index (χ2n) is 5.84. The fraction of sp³-hybridized carbons (Fsp3) is 0.316. The van der Waals surface area contributed by atoms with Crippen LogP contribution in [0.15, 0.2) is 54.6 Å². The van der Waals surface area contributed by atoms with Crippen molar-refractivity contribution in [2.24, 2.45) is 0 Å². The minimum Gasteiger partial charge on any atom is -0.467 e. The predicted octanol–water partition coefficient (Wildman–Crippen LogP) is 3.59. The van der Waals surface area contributed by atoms with E-state index in [9.17, 15) is 4.79 Å². The molecule has 114 valence electrons. The summed E-state index contributed by atoms with van der Waals surface area (Å²) in [4.78, 5) is 12.4. The molecule has 3 nitrogen and oxygen atoms in total. The van der Waals surface area contributed by atoms with Crippen LogP contribution in [0.1, 0.15) is 24.0 Å². The van der Waals surface area contributed by atoms with Gasteiger partial charge in [-0.15, -0.1) is 0 Å². The summed E-state index contributed by atoms with van der Waals surface area (Å²) in [5.74, 6) is -0.169. The van der Waals surface area contributed by atoms with Gasteiger partial charge in [0.2, 0.25) is 0 Å². The molecule has 1 aliphatic rings. The number of hydrogen-bond donors (Lipinski definition) is 1. The molecule has 0 aliphatic carbocycles. The molecule has 1 aliphatic heterocycles. The molecule has 2 aromatic rings. The number of methoxy groups -OCH3 is 1. The highest BCUT2D eigenvalue weighted by Gasteiger charge is 2.41. The lowest BCUT2D eigenvalue weighted by Gasteiger charge is -2.37. The summed E-state index contributed by atoms with van der Waals surface area (Å²) in [6.07, 6.45) is 3.25. The molecule has 1 N–H and O–H groups in total. The van der Waals surface area contributed by atoms with Gasteiger partial charge in [-0.05, 0) is 42.9 Å². The largest absolute Gasteiger partial charge is 0.467 e. The van der Waals surface area contributed by atoms with E-state index in [1.807, 2.05) is 36.4 Å². The zero-order valence-electron chi connectivity index (χ0n) is 12.8. The number of nitrogens with one attached hydrogen (secondary N) is 1. The normalized spacial score (nSPS) is 19.9. The lowest BCUT2D eigenvalue weighted by atomic mass is 9.81. The third-order valence-electron chi connectivity index (χ3n) is 4.47. The molecular formula is C19H21NO2. The molecule has 0 saturated carbocycles. The molecule has 0 saturated heterocycles. The van der Waals surface area contributed by atoms with Crippen molar-refractivity contribution >= 4 is 11.7 Å². The maximum Gasteiger partial charge on any atom is 0.331 e. The first kappa shape index (κ1) is 14.6. The molecule has 3 heteroatoms. The average Bonchev–Trinajstić information content (AvgIpc) is 2.60. The molecule has 1 heterocycles. The number of rotatable bonds is 4. The van der Waals surface area contributed by atoms with E-state index in [-0.39, 0.29) is 5.97 Å². The topological polar surface area (TPSA) is 38.3 Å². The molecule has 0 fully saturated rings. The lowest BCUT2D eigenvalue weighted by Crippen LogP contribution is -2.50. The Morgan fingerprint density at radius 3 is 2.64 bits per heavy atom. The molecule has 22 heavy (non-hydrogen) atoms. The van der Waals surface area contributed by atoms with Crippen molar-refractivity contribution in [3.63, 3.8) is 0 Å². The fourth-order valence-electron chi connectivity index (χ4n) is 3.17. The summed E-state index contributed by atoms with van der Waals surface area (Å²) in [6, 6.07) is 18.5. The van der Waals surface area contributed by atoms with Crippen LogP contribution in [-0.2, 0) is 22.4 Å². The molecular weight excluding hydrogens is 274 g/mol. The number of para-hydroxylation sites is 1. The van der Waals surface area contributed by atoms with E-state index in [2.05, 4.69) is 23.5 Å². The zero-order chi connectivity index (χ0) is 15.4. The van der Waals surface area contributed by atoms with E-state index >= 15 is 0 Å². The monoisotopic (exact) mass is 295 g/mol.